The van der Waals surface area contributed by atoms with Gasteiger partial charge in [0.15, 0.2) is 0 Å². The minimum absolute atomic E-state index is 0.0995. The first-order valence-electron chi connectivity index (χ1n) is 9.42. The van der Waals surface area contributed by atoms with E-state index in [1.807, 2.05) is 35.0 Å². The van der Waals surface area contributed by atoms with Crippen LogP contribution >= 0.6 is 0 Å². The summed E-state index contributed by atoms with van der Waals surface area (Å²) < 4.78 is 6.41. The van der Waals surface area contributed by atoms with Crippen molar-refractivity contribution in [3.05, 3.63) is 42.0 Å². The second-order valence-electron chi connectivity index (χ2n) is 7.00. The van der Waals surface area contributed by atoms with Crippen LogP contribution in [0.4, 0.5) is 10.5 Å². The first-order valence-corrected chi connectivity index (χ1v) is 9.42. The second kappa shape index (κ2) is 10.9. The van der Waals surface area contributed by atoms with E-state index in [1.54, 1.807) is 20.8 Å². The van der Waals surface area contributed by atoms with Crippen molar-refractivity contribution in [2.75, 3.05) is 4.90 Å². The van der Waals surface area contributed by atoms with Gasteiger partial charge in [-0.1, -0.05) is 0 Å². The van der Waals surface area contributed by atoms with Gasteiger partial charge in [0.25, 0.3) is 0 Å². The van der Waals surface area contributed by atoms with Gasteiger partial charge < -0.3 is 19.9 Å². The van der Waals surface area contributed by atoms with Crippen molar-refractivity contribution in [3.63, 3.8) is 0 Å². The third kappa shape index (κ3) is 6.68. The largest absolute Gasteiger partial charge is 0.447 e. The molecule has 0 radical (unpaired) electrons. The van der Waals surface area contributed by atoms with Gasteiger partial charge in [0.2, 0.25) is 5.91 Å². The maximum Gasteiger partial charge on any atom is 0.404 e. The summed E-state index contributed by atoms with van der Waals surface area (Å²) in [4.78, 5) is 27.8. The Labute approximate surface area is 172 Å². The number of primary amides is 1. The van der Waals surface area contributed by atoms with Gasteiger partial charge in [-0.15, -0.1) is 12.8 Å². The van der Waals surface area contributed by atoms with Gasteiger partial charge in [0.1, 0.15) is 0 Å². The van der Waals surface area contributed by atoms with E-state index >= 15 is 0 Å². The summed E-state index contributed by atoms with van der Waals surface area (Å²) in [6, 6.07) is 6.55. The molecule has 2 amide bonds. The van der Waals surface area contributed by atoms with Gasteiger partial charge >= 0.3 is 6.09 Å². The molecular formula is C22H30N4O3. The van der Waals surface area contributed by atoms with Crippen molar-refractivity contribution in [2.45, 2.75) is 59.6 Å². The molecule has 1 aliphatic rings. The zero-order valence-electron chi connectivity index (χ0n) is 17.8. The fourth-order valence-electron chi connectivity index (χ4n) is 3.17. The van der Waals surface area contributed by atoms with E-state index < -0.39 is 6.09 Å². The normalized spacial score (nSPS) is 14.6. The second-order valence-corrected chi connectivity index (χ2v) is 7.00. The first-order chi connectivity index (χ1) is 13.7. The molecule has 1 aromatic carbocycles. The van der Waals surface area contributed by atoms with Crippen LogP contribution < -0.4 is 10.6 Å². The molecule has 0 fully saturated rings. The van der Waals surface area contributed by atoms with Crippen molar-refractivity contribution in [1.29, 1.82) is 0 Å². The topological polar surface area (TPSA) is 90.4 Å². The molecule has 29 heavy (non-hydrogen) atoms. The number of imidazole rings is 1. The first kappa shape index (κ1) is 23.8. The summed E-state index contributed by atoms with van der Waals surface area (Å²) in [6.07, 6.45) is 13.1. The third-order valence-electron chi connectivity index (χ3n) is 4.30. The average molecular weight is 399 g/mol. The van der Waals surface area contributed by atoms with Crippen LogP contribution in [0.3, 0.4) is 0 Å². The Hall–Kier alpha value is -3.27. The Morgan fingerprint density at radius 3 is 2.41 bits per heavy atom. The predicted molar refractivity (Wildman–Crippen MR) is 115 cm³/mol. The summed E-state index contributed by atoms with van der Waals surface area (Å²) in [5.41, 5.74) is 9.02. The number of terminal acetylenes is 1. The van der Waals surface area contributed by atoms with Crippen LogP contribution in [0.2, 0.25) is 0 Å². The predicted octanol–water partition coefficient (Wildman–Crippen LogP) is 3.61. The molecule has 0 bridgehead atoms. The Morgan fingerprint density at radius 2 is 1.97 bits per heavy atom. The van der Waals surface area contributed by atoms with Gasteiger partial charge in [0.05, 0.1) is 18.1 Å². The molecule has 2 N–H and O–H groups in total. The number of benzene rings is 1. The molecular weight excluding hydrogens is 368 g/mol. The fraction of sp³-hybridized carbons (Fsp3) is 0.409. The van der Waals surface area contributed by atoms with Crippen molar-refractivity contribution in [2.24, 2.45) is 5.73 Å². The molecule has 3 rings (SSSR count). The van der Waals surface area contributed by atoms with Crippen LogP contribution in [0.5, 0.6) is 0 Å². The fourth-order valence-corrected chi connectivity index (χ4v) is 3.17. The molecule has 1 atom stereocenters. The van der Waals surface area contributed by atoms with E-state index in [4.69, 9.17) is 0 Å². The van der Waals surface area contributed by atoms with Gasteiger partial charge in [-0.05, 0) is 64.3 Å². The van der Waals surface area contributed by atoms with E-state index in [1.165, 1.54) is 5.56 Å². The molecule has 2 heterocycles. The highest BCUT2D eigenvalue weighted by Crippen LogP contribution is 2.32. The van der Waals surface area contributed by atoms with Crippen LogP contribution in [0, 0.1) is 19.8 Å². The van der Waals surface area contributed by atoms with Crippen LogP contribution in [-0.4, -0.2) is 33.7 Å². The molecule has 7 nitrogen and oxygen atoms in total. The molecule has 1 aliphatic heterocycles. The van der Waals surface area contributed by atoms with Crippen molar-refractivity contribution in [3.8, 4) is 18.5 Å². The van der Waals surface area contributed by atoms with Crippen molar-refractivity contribution >= 4 is 17.7 Å². The van der Waals surface area contributed by atoms with E-state index in [-0.39, 0.29) is 18.1 Å². The summed E-state index contributed by atoms with van der Waals surface area (Å²) >= 11 is 0. The molecule has 0 saturated heterocycles. The van der Waals surface area contributed by atoms with Gasteiger partial charge in [-0.3, -0.25) is 4.79 Å². The molecule has 1 aromatic heterocycles. The number of rotatable bonds is 2. The van der Waals surface area contributed by atoms with E-state index in [9.17, 15) is 9.59 Å². The Balaban J connectivity index is 0.000000399. The number of aromatic nitrogens is 2. The van der Waals surface area contributed by atoms with Crippen LogP contribution in [-0.2, 0) is 16.0 Å². The highest BCUT2D eigenvalue weighted by atomic mass is 16.6. The molecule has 2 aromatic rings. The SMILES string of the molecule is C#C.CC(=O)N1c2ccc(-n3cnc(C)c3)cc2CC[C@@H]1C.CC(C)OC(N)=O. The number of carbonyl (C=O) groups excluding carboxylic acids is 2. The maximum absolute atomic E-state index is 11.8. The lowest BCUT2D eigenvalue weighted by atomic mass is 9.96. The highest BCUT2D eigenvalue weighted by molar-refractivity contribution is 5.93. The van der Waals surface area contributed by atoms with E-state index in [2.05, 4.69) is 47.4 Å². The van der Waals surface area contributed by atoms with Crippen LogP contribution in [0.1, 0.15) is 45.4 Å². The summed E-state index contributed by atoms with van der Waals surface area (Å²) in [6.45, 7) is 9.21. The number of anilines is 1. The summed E-state index contributed by atoms with van der Waals surface area (Å²) in [7, 11) is 0. The molecule has 0 saturated carbocycles. The Kier molecular flexibility index (Phi) is 8.94. The number of ether oxygens (including phenoxy) is 1. The monoisotopic (exact) mass is 398 g/mol. The van der Waals surface area contributed by atoms with Gasteiger partial charge in [0, 0.05) is 30.5 Å². The number of carbonyl (C=O) groups is 2. The number of aryl methyl sites for hydroxylation is 2. The molecule has 0 aliphatic carbocycles. The van der Waals surface area contributed by atoms with Gasteiger partial charge in [-0.25, -0.2) is 9.78 Å². The van der Waals surface area contributed by atoms with Crippen LogP contribution in [0.25, 0.3) is 5.69 Å². The quantitative estimate of drug-likeness (QED) is 0.783. The Bertz CT molecular complexity index is 855. The van der Waals surface area contributed by atoms with Crippen molar-refractivity contribution in [1.82, 2.24) is 9.55 Å². The minimum atomic E-state index is -0.713. The Morgan fingerprint density at radius 1 is 1.31 bits per heavy atom. The number of hydrogen-bond donors (Lipinski definition) is 1. The zero-order chi connectivity index (χ0) is 22.1. The smallest absolute Gasteiger partial charge is 0.404 e. The number of nitrogens with zero attached hydrogens (tertiary/aromatic N) is 3. The summed E-state index contributed by atoms with van der Waals surface area (Å²) in [5.74, 6) is 0.115. The number of nitrogens with two attached hydrogens (primary N) is 1. The van der Waals surface area contributed by atoms with Crippen molar-refractivity contribution < 1.29 is 14.3 Å². The lowest BCUT2D eigenvalue weighted by molar-refractivity contribution is -0.117. The number of amides is 2. The number of fused-ring (bicyclic) bond motifs is 1. The van der Waals surface area contributed by atoms with E-state index in [0.29, 0.717) is 0 Å². The molecule has 0 unspecified atom stereocenters. The average Bonchev–Trinajstić information content (AvgIpc) is 3.08. The third-order valence-corrected chi connectivity index (χ3v) is 4.30. The summed E-state index contributed by atoms with van der Waals surface area (Å²) in [5, 5.41) is 0. The highest BCUT2D eigenvalue weighted by Gasteiger charge is 2.26. The lowest BCUT2D eigenvalue weighted by Crippen LogP contribution is -2.40. The van der Waals surface area contributed by atoms with Crippen LogP contribution in [0.15, 0.2) is 30.7 Å². The standard InChI is InChI=1S/C16H19N3O.C4H9NO2.C2H2/c1-11-9-18(10-17-11)15-6-7-16-14(8-15)5-4-12(2)19(16)13(3)20;1-3(2)7-4(5)6;1-2/h6-10,12H,4-5H2,1-3H3;3H,1-2H3,(H2,5,6);1-2H/t12-;;/m0../s1. The maximum atomic E-state index is 11.8. The zero-order valence-corrected chi connectivity index (χ0v) is 17.8. The molecule has 156 valence electrons. The van der Waals surface area contributed by atoms with Gasteiger partial charge in [-0.2, -0.15) is 0 Å². The lowest BCUT2D eigenvalue weighted by Gasteiger charge is -2.34. The minimum Gasteiger partial charge on any atom is -0.447 e. The molecule has 7 heteroatoms. The molecule has 0 spiro atoms. The van der Waals surface area contributed by atoms with E-state index in [0.717, 1.165) is 29.9 Å². The number of hydrogen-bond acceptors (Lipinski definition) is 4.